The van der Waals surface area contributed by atoms with Crippen LogP contribution in [0.5, 0.6) is 0 Å². The van der Waals surface area contributed by atoms with Crippen LogP contribution in [-0.2, 0) is 25.7 Å². The second-order valence-corrected chi connectivity index (χ2v) is 7.78. The molecule has 0 saturated carbocycles. The molecular weight excluding hydrogens is 443 g/mol. The number of aromatic nitrogens is 3. The fourth-order valence-corrected chi connectivity index (χ4v) is 3.98. The van der Waals surface area contributed by atoms with Gasteiger partial charge < -0.3 is 5.32 Å². The van der Waals surface area contributed by atoms with Crippen molar-refractivity contribution in [3.8, 4) is 11.1 Å². The minimum atomic E-state index is -4.60. The van der Waals surface area contributed by atoms with E-state index in [2.05, 4.69) is 20.3 Å². The molecule has 1 N–H and O–H groups in total. The number of alkyl halides is 3. The summed E-state index contributed by atoms with van der Waals surface area (Å²) >= 11 is 6.42. The van der Waals surface area contributed by atoms with Gasteiger partial charge in [-0.25, -0.2) is 15.0 Å². The Morgan fingerprint density at radius 3 is 2.69 bits per heavy atom. The summed E-state index contributed by atoms with van der Waals surface area (Å²) in [5.41, 5.74) is 3.82. The zero-order valence-electron chi connectivity index (χ0n) is 17.1. The molecule has 2 aromatic heterocycles. The van der Waals surface area contributed by atoms with Crippen LogP contribution in [0.15, 0.2) is 42.6 Å². The summed E-state index contributed by atoms with van der Waals surface area (Å²) in [6.45, 7) is 1.16. The molecule has 32 heavy (non-hydrogen) atoms. The highest BCUT2D eigenvalue weighted by atomic mass is 35.5. The SMILES string of the molecule is CNC(=O)c1cc(-c2ccccc2Cl)c2c(n1)CN(Cc1ccnc(C(F)(F)F)n1)CC2. The molecule has 4 rings (SSSR count). The maximum absolute atomic E-state index is 12.9. The van der Waals surface area contributed by atoms with Crippen molar-refractivity contribution >= 4 is 17.5 Å². The van der Waals surface area contributed by atoms with E-state index in [0.717, 1.165) is 22.9 Å². The van der Waals surface area contributed by atoms with E-state index in [1.54, 1.807) is 12.1 Å². The summed E-state index contributed by atoms with van der Waals surface area (Å²) in [4.78, 5) is 25.8. The number of nitrogens with one attached hydrogen (secondary N) is 1. The van der Waals surface area contributed by atoms with Gasteiger partial charge in [0, 0.05) is 43.5 Å². The summed E-state index contributed by atoms with van der Waals surface area (Å²) in [7, 11) is 1.53. The van der Waals surface area contributed by atoms with Gasteiger partial charge in [0.05, 0.1) is 11.4 Å². The van der Waals surface area contributed by atoms with Crippen LogP contribution >= 0.6 is 11.6 Å². The minimum absolute atomic E-state index is 0.207. The van der Waals surface area contributed by atoms with Gasteiger partial charge in [0.1, 0.15) is 5.69 Å². The van der Waals surface area contributed by atoms with E-state index in [1.807, 2.05) is 23.1 Å². The van der Waals surface area contributed by atoms with Gasteiger partial charge in [-0.3, -0.25) is 9.69 Å². The van der Waals surface area contributed by atoms with Gasteiger partial charge in [0.25, 0.3) is 5.91 Å². The number of pyridine rings is 1. The quantitative estimate of drug-likeness (QED) is 0.632. The molecule has 10 heteroatoms. The Hall–Kier alpha value is -3.04. The molecule has 0 unspecified atom stereocenters. The third kappa shape index (κ3) is 4.58. The average molecular weight is 462 g/mol. The van der Waals surface area contributed by atoms with Crippen molar-refractivity contribution in [1.29, 1.82) is 0 Å². The highest BCUT2D eigenvalue weighted by molar-refractivity contribution is 6.33. The van der Waals surface area contributed by atoms with E-state index < -0.39 is 12.0 Å². The zero-order valence-corrected chi connectivity index (χ0v) is 17.8. The summed E-state index contributed by atoms with van der Waals surface area (Å²) in [6.07, 6.45) is -2.88. The summed E-state index contributed by atoms with van der Waals surface area (Å²) in [5, 5.41) is 3.14. The van der Waals surface area contributed by atoms with E-state index >= 15 is 0 Å². The van der Waals surface area contributed by atoms with Crippen LogP contribution in [0.2, 0.25) is 5.02 Å². The molecule has 3 heterocycles. The van der Waals surface area contributed by atoms with Crippen LogP contribution in [0.1, 0.15) is 33.3 Å². The lowest BCUT2D eigenvalue weighted by Gasteiger charge is -2.29. The van der Waals surface area contributed by atoms with Gasteiger partial charge in [0.2, 0.25) is 5.82 Å². The monoisotopic (exact) mass is 461 g/mol. The van der Waals surface area contributed by atoms with Gasteiger partial charge in [-0.05, 0) is 35.7 Å². The number of rotatable bonds is 4. The third-order valence-corrected chi connectivity index (χ3v) is 5.57. The van der Waals surface area contributed by atoms with Crippen LogP contribution in [-0.4, -0.2) is 39.4 Å². The lowest BCUT2D eigenvalue weighted by Crippen LogP contribution is -2.32. The highest BCUT2D eigenvalue weighted by Crippen LogP contribution is 2.35. The molecule has 1 aliphatic rings. The molecule has 0 fully saturated rings. The fourth-order valence-electron chi connectivity index (χ4n) is 3.74. The first-order valence-electron chi connectivity index (χ1n) is 9.87. The normalized spacial score (nSPS) is 14.2. The average Bonchev–Trinajstić information content (AvgIpc) is 2.77. The largest absolute Gasteiger partial charge is 0.451 e. The van der Waals surface area contributed by atoms with Crippen LogP contribution in [0.3, 0.4) is 0 Å². The summed E-state index contributed by atoms with van der Waals surface area (Å²) in [5.74, 6) is -1.49. The second-order valence-electron chi connectivity index (χ2n) is 7.37. The maximum Gasteiger partial charge on any atom is 0.451 e. The zero-order chi connectivity index (χ0) is 22.9. The first kappa shape index (κ1) is 22.2. The first-order chi connectivity index (χ1) is 15.3. The number of carbonyl (C=O) groups excluding carboxylic acids is 1. The topological polar surface area (TPSA) is 71.0 Å². The number of hydrogen-bond donors (Lipinski definition) is 1. The maximum atomic E-state index is 12.9. The third-order valence-electron chi connectivity index (χ3n) is 5.24. The molecule has 0 atom stereocenters. The number of benzene rings is 1. The number of amides is 1. The Balaban J connectivity index is 1.68. The Labute approximate surface area is 187 Å². The molecule has 1 aromatic carbocycles. The van der Waals surface area contributed by atoms with Crippen molar-refractivity contribution in [2.75, 3.05) is 13.6 Å². The lowest BCUT2D eigenvalue weighted by atomic mass is 9.93. The molecule has 6 nitrogen and oxygen atoms in total. The van der Waals surface area contributed by atoms with Crippen LogP contribution in [0.4, 0.5) is 13.2 Å². The number of fused-ring (bicyclic) bond motifs is 1. The van der Waals surface area contributed by atoms with Crippen LogP contribution in [0, 0.1) is 0 Å². The molecule has 0 bridgehead atoms. The number of carbonyl (C=O) groups is 1. The molecule has 0 spiro atoms. The van der Waals surface area contributed by atoms with Gasteiger partial charge in [0.15, 0.2) is 0 Å². The molecule has 0 saturated heterocycles. The van der Waals surface area contributed by atoms with Crippen molar-refractivity contribution in [3.63, 3.8) is 0 Å². The molecule has 1 aliphatic heterocycles. The Bertz CT molecular complexity index is 1170. The van der Waals surface area contributed by atoms with Gasteiger partial charge in [-0.15, -0.1) is 0 Å². The van der Waals surface area contributed by atoms with E-state index in [4.69, 9.17) is 11.6 Å². The standard InChI is InChI=1S/C22H19ClF3N5O/c1-27-20(32)18-10-16(14-4-2-3-5-17(14)23)15-7-9-31(12-19(15)30-18)11-13-6-8-28-21(29-13)22(24,25)26/h2-6,8,10H,7,9,11-12H2,1H3,(H,27,32). The molecule has 3 aromatic rings. The Morgan fingerprint density at radius 2 is 1.97 bits per heavy atom. The predicted molar refractivity (Wildman–Crippen MR) is 113 cm³/mol. The lowest BCUT2D eigenvalue weighted by molar-refractivity contribution is -0.145. The highest BCUT2D eigenvalue weighted by Gasteiger charge is 2.35. The summed E-state index contributed by atoms with van der Waals surface area (Å²) in [6, 6.07) is 10.6. The van der Waals surface area contributed by atoms with Crippen LogP contribution < -0.4 is 5.32 Å². The number of nitrogens with zero attached hydrogens (tertiary/aromatic N) is 4. The van der Waals surface area contributed by atoms with Crippen molar-refractivity contribution < 1.29 is 18.0 Å². The molecule has 0 aliphatic carbocycles. The van der Waals surface area contributed by atoms with E-state index in [0.29, 0.717) is 30.2 Å². The van der Waals surface area contributed by atoms with E-state index in [9.17, 15) is 18.0 Å². The number of halogens is 4. The molecular formula is C22H19ClF3N5O. The first-order valence-corrected chi connectivity index (χ1v) is 10.3. The molecule has 166 valence electrons. The van der Waals surface area contributed by atoms with Gasteiger partial charge in [-0.2, -0.15) is 13.2 Å². The fraction of sp³-hybridized carbons (Fsp3) is 0.273. The predicted octanol–water partition coefficient (Wildman–Crippen LogP) is 4.13. The van der Waals surface area contributed by atoms with Gasteiger partial charge in [-0.1, -0.05) is 29.8 Å². The number of hydrogen-bond acceptors (Lipinski definition) is 5. The molecule has 1 amide bonds. The summed E-state index contributed by atoms with van der Waals surface area (Å²) < 4.78 is 38.8. The van der Waals surface area contributed by atoms with Crippen LogP contribution in [0.25, 0.3) is 11.1 Å². The molecule has 0 radical (unpaired) electrons. The van der Waals surface area contributed by atoms with Crippen molar-refractivity contribution in [2.24, 2.45) is 0 Å². The van der Waals surface area contributed by atoms with Crippen molar-refractivity contribution in [3.05, 3.63) is 76.1 Å². The van der Waals surface area contributed by atoms with E-state index in [-0.39, 0.29) is 23.8 Å². The van der Waals surface area contributed by atoms with Gasteiger partial charge >= 0.3 is 6.18 Å². The minimum Gasteiger partial charge on any atom is -0.354 e. The van der Waals surface area contributed by atoms with Crippen molar-refractivity contribution in [1.82, 2.24) is 25.2 Å². The Morgan fingerprint density at radius 1 is 1.19 bits per heavy atom. The van der Waals surface area contributed by atoms with E-state index in [1.165, 1.54) is 13.1 Å². The smallest absolute Gasteiger partial charge is 0.354 e. The second kappa shape index (κ2) is 8.84. The Kier molecular flexibility index (Phi) is 6.12. The van der Waals surface area contributed by atoms with Crippen molar-refractivity contribution in [2.45, 2.75) is 25.7 Å².